The van der Waals surface area contributed by atoms with Crippen LogP contribution in [0.15, 0.2) is 42.5 Å². The van der Waals surface area contributed by atoms with E-state index in [1.807, 2.05) is 0 Å². The third-order valence-corrected chi connectivity index (χ3v) is 6.86. The number of amides is 1. The van der Waals surface area contributed by atoms with E-state index in [4.69, 9.17) is 0 Å². The Bertz CT molecular complexity index is 965. The van der Waals surface area contributed by atoms with Gasteiger partial charge in [0.05, 0.1) is 16.9 Å². The van der Waals surface area contributed by atoms with Crippen LogP contribution in [0.25, 0.3) is 0 Å². The van der Waals surface area contributed by atoms with Crippen LogP contribution in [-0.2, 0) is 0 Å². The predicted octanol–water partition coefficient (Wildman–Crippen LogP) is 4.87. The van der Waals surface area contributed by atoms with Crippen molar-refractivity contribution in [1.29, 1.82) is 0 Å². The topological polar surface area (TPSA) is 72.9 Å². The van der Waals surface area contributed by atoms with Crippen LogP contribution in [0.2, 0.25) is 0 Å². The van der Waals surface area contributed by atoms with E-state index in [1.165, 1.54) is 75.6 Å². The third-order valence-electron chi connectivity index (χ3n) is 6.86. The van der Waals surface area contributed by atoms with Crippen LogP contribution in [-0.4, -0.2) is 54.6 Å². The monoisotopic (exact) mass is 453 g/mol. The van der Waals surface area contributed by atoms with Gasteiger partial charge in [-0.2, -0.15) is 0 Å². The Hall–Kier alpha value is -2.93. The van der Waals surface area contributed by atoms with Gasteiger partial charge in [-0.15, -0.1) is 0 Å². The second kappa shape index (κ2) is 10.8. The lowest BCUT2D eigenvalue weighted by Crippen LogP contribution is -2.36. The SMILES string of the molecule is O=C(O)c1ccc(N2CCC(CCN3CCCCC3)CC2)c(NC(=O)c2ccc(F)cc2)c1. The Kier molecular flexibility index (Phi) is 7.60. The summed E-state index contributed by atoms with van der Waals surface area (Å²) in [7, 11) is 0. The fraction of sp³-hybridized carbons (Fsp3) is 0.462. The van der Waals surface area contributed by atoms with Crippen LogP contribution in [0.1, 0.15) is 59.2 Å². The molecule has 33 heavy (non-hydrogen) atoms. The number of halogens is 1. The molecule has 0 atom stereocenters. The molecule has 2 aromatic rings. The van der Waals surface area contributed by atoms with E-state index in [0.717, 1.165) is 31.6 Å². The Morgan fingerprint density at radius 2 is 1.61 bits per heavy atom. The summed E-state index contributed by atoms with van der Waals surface area (Å²) in [4.78, 5) is 29.0. The molecule has 2 fully saturated rings. The molecule has 4 rings (SSSR count). The molecule has 0 saturated carbocycles. The largest absolute Gasteiger partial charge is 0.478 e. The molecule has 0 spiro atoms. The van der Waals surface area contributed by atoms with Gasteiger partial charge >= 0.3 is 5.97 Å². The highest BCUT2D eigenvalue weighted by atomic mass is 19.1. The van der Waals surface area contributed by atoms with Crippen molar-refractivity contribution < 1.29 is 19.1 Å². The summed E-state index contributed by atoms with van der Waals surface area (Å²) in [6.07, 6.45) is 7.38. The average Bonchev–Trinajstić information content (AvgIpc) is 2.84. The number of nitrogens with zero attached hydrogens (tertiary/aromatic N) is 2. The van der Waals surface area contributed by atoms with E-state index in [0.29, 0.717) is 17.2 Å². The molecule has 0 aromatic heterocycles. The zero-order valence-corrected chi connectivity index (χ0v) is 18.9. The maximum Gasteiger partial charge on any atom is 0.335 e. The summed E-state index contributed by atoms with van der Waals surface area (Å²) in [5.41, 5.74) is 1.73. The lowest BCUT2D eigenvalue weighted by molar-refractivity contribution is 0.0696. The van der Waals surface area contributed by atoms with Crippen LogP contribution in [0.5, 0.6) is 0 Å². The first-order chi connectivity index (χ1) is 16.0. The molecule has 1 amide bonds. The normalized spacial score (nSPS) is 17.7. The van der Waals surface area contributed by atoms with E-state index in [1.54, 1.807) is 12.1 Å². The smallest absolute Gasteiger partial charge is 0.335 e. The Morgan fingerprint density at radius 3 is 2.27 bits per heavy atom. The van der Waals surface area contributed by atoms with Gasteiger partial charge in [0, 0.05) is 18.7 Å². The molecule has 7 heteroatoms. The number of aromatic carboxylic acids is 1. The van der Waals surface area contributed by atoms with Crippen LogP contribution in [0.3, 0.4) is 0 Å². The number of nitrogens with one attached hydrogen (secondary N) is 1. The number of carboxylic acids is 1. The minimum atomic E-state index is -1.05. The van der Waals surface area contributed by atoms with E-state index in [2.05, 4.69) is 15.1 Å². The molecular weight excluding hydrogens is 421 g/mol. The van der Waals surface area contributed by atoms with E-state index < -0.39 is 17.7 Å². The lowest BCUT2D eigenvalue weighted by Gasteiger charge is -2.36. The second-order valence-electron chi connectivity index (χ2n) is 9.12. The molecule has 2 heterocycles. The minimum absolute atomic E-state index is 0.115. The zero-order valence-electron chi connectivity index (χ0n) is 18.9. The van der Waals surface area contributed by atoms with Crippen LogP contribution in [0.4, 0.5) is 15.8 Å². The number of rotatable bonds is 7. The lowest BCUT2D eigenvalue weighted by atomic mass is 9.92. The number of anilines is 2. The summed E-state index contributed by atoms with van der Waals surface area (Å²) < 4.78 is 13.2. The number of carboxylic acid groups (broad SMARTS) is 1. The first kappa shape index (κ1) is 23.2. The van der Waals surface area contributed by atoms with Crippen molar-refractivity contribution in [2.75, 3.05) is 42.9 Å². The minimum Gasteiger partial charge on any atom is -0.478 e. The van der Waals surface area contributed by atoms with Crippen molar-refractivity contribution in [1.82, 2.24) is 4.90 Å². The van der Waals surface area contributed by atoms with Gasteiger partial charge in [-0.25, -0.2) is 9.18 Å². The van der Waals surface area contributed by atoms with Gasteiger partial charge in [0.2, 0.25) is 0 Å². The molecular formula is C26H32FN3O3. The van der Waals surface area contributed by atoms with E-state index in [-0.39, 0.29) is 5.56 Å². The van der Waals surface area contributed by atoms with Gasteiger partial charge < -0.3 is 20.2 Å². The summed E-state index contributed by atoms with van der Waals surface area (Å²) >= 11 is 0. The number of benzene rings is 2. The summed E-state index contributed by atoms with van der Waals surface area (Å²) in [5, 5.41) is 12.3. The molecule has 176 valence electrons. The molecule has 2 aromatic carbocycles. The molecule has 2 aliphatic heterocycles. The van der Waals surface area contributed by atoms with E-state index in [9.17, 15) is 19.1 Å². The van der Waals surface area contributed by atoms with Gasteiger partial charge in [0.25, 0.3) is 5.91 Å². The number of carbonyl (C=O) groups excluding carboxylic acids is 1. The molecule has 0 bridgehead atoms. The summed E-state index contributed by atoms with van der Waals surface area (Å²) in [6.45, 7) is 5.38. The van der Waals surface area contributed by atoms with Crippen LogP contribution >= 0.6 is 0 Å². The number of carbonyl (C=O) groups is 2. The predicted molar refractivity (Wildman–Crippen MR) is 128 cm³/mol. The third kappa shape index (κ3) is 6.11. The van der Waals surface area contributed by atoms with Gasteiger partial charge in [0.15, 0.2) is 0 Å². The maximum absolute atomic E-state index is 13.2. The van der Waals surface area contributed by atoms with Gasteiger partial charge in [0.1, 0.15) is 5.82 Å². The first-order valence-corrected chi connectivity index (χ1v) is 11.9. The number of hydrogen-bond donors (Lipinski definition) is 2. The molecule has 0 radical (unpaired) electrons. The van der Waals surface area contributed by atoms with Crippen LogP contribution in [0, 0.1) is 11.7 Å². The van der Waals surface area contributed by atoms with Crippen molar-refractivity contribution in [3.8, 4) is 0 Å². The van der Waals surface area contributed by atoms with Crippen molar-refractivity contribution in [2.24, 2.45) is 5.92 Å². The Labute approximate surface area is 194 Å². The van der Waals surface area contributed by atoms with Crippen molar-refractivity contribution in [3.05, 3.63) is 59.4 Å². The average molecular weight is 454 g/mol. The number of hydrogen-bond acceptors (Lipinski definition) is 4. The van der Waals surface area contributed by atoms with Crippen molar-refractivity contribution in [2.45, 2.75) is 38.5 Å². The highest BCUT2D eigenvalue weighted by Gasteiger charge is 2.23. The molecule has 2 N–H and O–H groups in total. The van der Waals surface area contributed by atoms with Gasteiger partial charge in [-0.3, -0.25) is 4.79 Å². The summed E-state index contributed by atoms with van der Waals surface area (Å²) in [6, 6.07) is 10.2. The molecule has 0 aliphatic carbocycles. The van der Waals surface area contributed by atoms with Gasteiger partial charge in [-0.1, -0.05) is 6.42 Å². The standard InChI is InChI=1S/C26H32FN3O3/c27-22-7-4-20(5-8-22)25(31)28-23-18-21(26(32)33)6-9-24(23)30-16-11-19(12-17-30)10-15-29-13-2-1-3-14-29/h4-9,18-19H,1-3,10-17H2,(H,28,31)(H,32,33). The quantitative estimate of drug-likeness (QED) is 0.626. The fourth-order valence-electron chi connectivity index (χ4n) is 4.85. The molecule has 0 unspecified atom stereocenters. The zero-order chi connectivity index (χ0) is 23.2. The van der Waals surface area contributed by atoms with Gasteiger partial charge in [-0.05, 0) is 100 Å². The second-order valence-corrected chi connectivity index (χ2v) is 9.12. The first-order valence-electron chi connectivity index (χ1n) is 11.9. The Morgan fingerprint density at radius 1 is 0.939 bits per heavy atom. The number of likely N-dealkylation sites (tertiary alicyclic amines) is 1. The Balaban J connectivity index is 1.42. The maximum atomic E-state index is 13.2. The number of piperidine rings is 2. The fourth-order valence-corrected chi connectivity index (χ4v) is 4.85. The van der Waals surface area contributed by atoms with Crippen molar-refractivity contribution >= 4 is 23.3 Å². The van der Waals surface area contributed by atoms with Crippen LogP contribution < -0.4 is 10.2 Å². The van der Waals surface area contributed by atoms with E-state index >= 15 is 0 Å². The molecule has 6 nitrogen and oxygen atoms in total. The summed E-state index contributed by atoms with van der Waals surface area (Å²) in [5.74, 6) is -1.16. The molecule has 2 saturated heterocycles. The van der Waals surface area contributed by atoms with Crippen molar-refractivity contribution in [3.63, 3.8) is 0 Å². The highest BCUT2D eigenvalue weighted by molar-refractivity contribution is 6.06. The highest BCUT2D eigenvalue weighted by Crippen LogP contribution is 2.32. The molecule has 2 aliphatic rings.